The maximum Gasteiger partial charge on any atom is 0.334 e. The van der Waals surface area contributed by atoms with Crippen molar-refractivity contribution in [1.82, 2.24) is 0 Å². The van der Waals surface area contributed by atoms with E-state index in [2.05, 4.69) is 13.2 Å². The van der Waals surface area contributed by atoms with Crippen molar-refractivity contribution in [3.63, 3.8) is 0 Å². The number of hydrogen-bond acceptors (Lipinski definition) is 12. The van der Waals surface area contributed by atoms with E-state index in [0.29, 0.717) is 0 Å². The molecular weight excluding hydrogens is 480 g/mol. The minimum absolute atomic E-state index is 0.173. The standard InChI is InChI=1S/C24H38O12/c1-14(2)23(27)34-16(5)19(36-21(26)11-29-8)10-31-13-33-20(25)12-32-17(6)22(30-9)18(7)35-24(28)15(3)4/h16-19,22H,1,3,10-13H2,2,4-9H3. The van der Waals surface area contributed by atoms with E-state index in [4.69, 9.17) is 37.9 Å². The summed E-state index contributed by atoms with van der Waals surface area (Å²) >= 11 is 0. The molecule has 5 atom stereocenters. The van der Waals surface area contributed by atoms with Crippen LogP contribution in [0.5, 0.6) is 0 Å². The molecule has 0 aliphatic heterocycles. The van der Waals surface area contributed by atoms with Crippen molar-refractivity contribution in [2.24, 2.45) is 0 Å². The Morgan fingerprint density at radius 3 is 1.81 bits per heavy atom. The van der Waals surface area contributed by atoms with Gasteiger partial charge in [-0.1, -0.05) is 13.2 Å². The van der Waals surface area contributed by atoms with Gasteiger partial charge in [0, 0.05) is 25.4 Å². The van der Waals surface area contributed by atoms with E-state index in [9.17, 15) is 19.2 Å². The predicted octanol–water partition coefficient (Wildman–Crippen LogP) is 1.50. The highest BCUT2D eigenvalue weighted by atomic mass is 16.7. The van der Waals surface area contributed by atoms with Gasteiger partial charge in [-0.2, -0.15) is 0 Å². The lowest BCUT2D eigenvalue weighted by Gasteiger charge is -2.28. The van der Waals surface area contributed by atoms with Gasteiger partial charge in [-0.3, -0.25) is 0 Å². The molecule has 12 heteroatoms. The summed E-state index contributed by atoms with van der Waals surface area (Å²) in [6, 6.07) is 0. The lowest BCUT2D eigenvalue weighted by molar-refractivity contribution is -0.183. The van der Waals surface area contributed by atoms with Gasteiger partial charge in [0.2, 0.25) is 0 Å². The molecule has 0 aromatic heterocycles. The van der Waals surface area contributed by atoms with Gasteiger partial charge in [0.25, 0.3) is 0 Å². The molecule has 0 amide bonds. The van der Waals surface area contributed by atoms with Crippen LogP contribution in [0.1, 0.15) is 34.6 Å². The van der Waals surface area contributed by atoms with Gasteiger partial charge in [-0.15, -0.1) is 0 Å². The molecule has 0 heterocycles. The molecule has 0 N–H and O–H groups in total. The summed E-state index contributed by atoms with van der Waals surface area (Å²) in [4.78, 5) is 47.3. The molecule has 206 valence electrons. The molecule has 0 spiro atoms. The maximum atomic E-state index is 12.0. The average Bonchev–Trinajstić information content (AvgIpc) is 2.79. The first-order valence-corrected chi connectivity index (χ1v) is 11.1. The molecule has 0 fully saturated rings. The lowest BCUT2D eigenvalue weighted by Crippen LogP contribution is -2.41. The second kappa shape index (κ2) is 17.6. The van der Waals surface area contributed by atoms with Gasteiger partial charge >= 0.3 is 23.9 Å². The fourth-order valence-electron chi connectivity index (χ4n) is 2.64. The van der Waals surface area contributed by atoms with Crippen molar-refractivity contribution in [2.75, 3.05) is 40.8 Å². The van der Waals surface area contributed by atoms with E-state index in [1.165, 1.54) is 35.0 Å². The Balaban J connectivity index is 4.65. The van der Waals surface area contributed by atoms with E-state index in [-0.39, 0.29) is 24.4 Å². The topological polar surface area (TPSA) is 142 Å². The zero-order valence-electron chi connectivity index (χ0n) is 22.0. The monoisotopic (exact) mass is 518 g/mol. The molecule has 5 unspecified atom stereocenters. The number of hydrogen-bond donors (Lipinski definition) is 0. The van der Waals surface area contributed by atoms with Crippen LogP contribution >= 0.6 is 0 Å². The third kappa shape index (κ3) is 13.3. The van der Waals surface area contributed by atoms with Crippen molar-refractivity contribution in [1.29, 1.82) is 0 Å². The first-order valence-electron chi connectivity index (χ1n) is 11.1. The SMILES string of the molecule is C=C(C)C(=O)OC(C)C(COCOC(=O)COC(C)C(OC)C(C)OC(=O)C(=C)C)OC(=O)COC. The lowest BCUT2D eigenvalue weighted by atomic mass is 10.1. The fourth-order valence-corrected chi connectivity index (χ4v) is 2.64. The van der Waals surface area contributed by atoms with Gasteiger partial charge in [0.15, 0.2) is 12.9 Å². The highest BCUT2D eigenvalue weighted by Gasteiger charge is 2.29. The van der Waals surface area contributed by atoms with E-state index in [1.807, 2.05) is 0 Å². The normalized spacial score (nSPS) is 15.0. The second-order valence-electron chi connectivity index (χ2n) is 7.96. The molecule has 0 saturated carbocycles. The summed E-state index contributed by atoms with van der Waals surface area (Å²) in [7, 11) is 2.75. The van der Waals surface area contributed by atoms with Crippen LogP contribution in [-0.4, -0.2) is 95.2 Å². The first kappa shape index (κ1) is 33.2. The second-order valence-corrected chi connectivity index (χ2v) is 7.96. The molecule has 0 saturated heterocycles. The number of carbonyl (C=O) groups excluding carboxylic acids is 4. The Morgan fingerprint density at radius 2 is 1.31 bits per heavy atom. The summed E-state index contributed by atoms with van der Waals surface area (Å²) in [6.45, 7) is 13.4. The van der Waals surface area contributed by atoms with Crippen molar-refractivity contribution in [3.05, 3.63) is 24.3 Å². The van der Waals surface area contributed by atoms with E-state index in [1.54, 1.807) is 13.8 Å². The number of ether oxygens (including phenoxy) is 8. The molecule has 0 aliphatic rings. The molecule has 36 heavy (non-hydrogen) atoms. The third-order valence-corrected chi connectivity index (χ3v) is 4.60. The minimum atomic E-state index is -0.989. The Kier molecular flexibility index (Phi) is 16.2. The summed E-state index contributed by atoms with van der Waals surface area (Å²) in [5, 5.41) is 0. The molecular formula is C24H38O12. The van der Waals surface area contributed by atoms with Crippen LogP contribution in [0.15, 0.2) is 24.3 Å². The van der Waals surface area contributed by atoms with Crippen LogP contribution in [0.4, 0.5) is 0 Å². The smallest absolute Gasteiger partial charge is 0.334 e. The van der Waals surface area contributed by atoms with Crippen LogP contribution in [-0.2, 0) is 57.1 Å². The van der Waals surface area contributed by atoms with Gasteiger partial charge in [-0.05, 0) is 34.6 Å². The van der Waals surface area contributed by atoms with Crippen molar-refractivity contribution >= 4 is 23.9 Å². The van der Waals surface area contributed by atoms with Gasteiger partial charge in [-0.25, -0.2) is 19.2 Å². The molecule has 0 aromatic carbocycles. The summed E-state index contributed by atoms with van der Waals surface area (Å²) in [6.07, 6.45) is -3.79. The number of rotatable bonds is 18. The van der Waals surface area contributed by atoms with Crippen molar-refractivity contribution in [2.45, 2.75) is 65.1 Å². The Morgan fingerprint density at radius 1 is 0.750 bits per heavy atom. The Labute approximate surface area is 211 Å². The summed E-state index contributed by atoms with van der Waals surface area (Å²) < 4.78 is 41.3. The average molecular weight is 519 g/mol. The van der Waals surface area contributed by atoms with E-state index in [0.717, 1.165) is 0 Å². The highest BCUT2D eigenvalue weighted by Crippen LogP contribution is 2.13. The first-order chi connectivity index (χ1) is 16.8. The summed E-state index contributed by atoms with van der Waals surface area (Å²) in [5.74, 6) is -2.66. The van der Waals surface area contributed by atoms with Crippen LogP contribution in [0.2, 0.25) is 0 Å². The molecule has 0 bridgehead atoms. The van der Waals surface area contributed by atoms with E-state index >= 15 is 0 Å². The molecule has 0 aliphatic carbocycles. The van der Waals surface area contributed by atoms with Gasteiger partial charge in [0.1, 0.15) is 31.5 Å². The van der Waals surface area contributed by atoms with Gasteiger partial charge < -0.3 is 37.9 Å². The molecule has 12 nitrogen and oxygen atoms in total. The molecule has 0 aromatic rings. The van der Waals surface area contributed by atoms with Crippen molar-refractivity contribution in [3.8, 4) is 0 Å². The zero-order valence-corrected chi connectivity index (χ0v) is 22.0. The maximum absolute atomic E-state index is 12.0. The number of esters is 4. The van der Waals surface area contributed by atoms with Crippen LogP contribution in [0, 0.1) is 0 Å². The Hall–Kier alpha value is -2.80. The minimum Gasteiger partial charge on any atom is -0.456 e. The zero-order chi connectivity index (χ0) is 27.8. The van der Waals surface area contributed by atoms with E-state index < -0.39 is 67.8 Å². The molecule has 0 radical (unpaired) electrons. The largest absolute Gasteiger partial charge is 0.456 e. The fraction of sp³-hybridized carbons (Fsp3) is 0.667. The third-order valence-electron chi connectivity index (χ3n) is 4.60. The quantitative estimate of drug-likeness (QED) is 0.0853. The van der Waals surface area contributed by atoms with Gasteiger partial charge in [0.05, 0.1) is 12.7 Å². The predicted molar refractivity (Wildman–Crippen MR) is 126 cm³/mol. The van der Waals surface area contributed by atoms with Crippen LogP contribution in [0.25, 0.3) is 0 Å². The Bertz CT molecular complexity index is 762. The van der Waals surface area contributed by atoms with Crippen molar-refractivity contribution < 1.29 is 57.1 Å². The number of carbonyl (C=O) groups is 4. The van der Waals surface area contributed by atoms with Crippen LogP contribution < -0.4 is 0 Å². The molecule has 0 rings (SSSR count). The highest BCUT2D eigenvalue weighted by molar-refractivity contribution is 5.87. The number of methoxy groups -OCH3 is 2. The van der Waals surface area contributed by atoms with Crippen LogP contribution in [0.3, 0.4) is 0 Å². The summed E-state index contributed by atoms with van der Waals surface area (Å²) in [5.41, 5.74) is 0.417.